The lowest BCUT2D eigenvalue weighted by atomic mass is 9.84. The molecule has 0 fully saturated rings. The van der Waals surface area contributed by atoms with E-state index in [1.165, 1.54) is 46.4 Å². The Morgan fingerprint density at radius 3 is 2.53 bits per heavy atom. The number of hydrogen-bond acceptors (Lipinski definition) is 1. The summed E-state index contributed by atoms with van der Waals surface area (Å²) < 4.78 is 2.34. The standard InChI is InChI=1S/C28H30N2/c1-18(2)24-17-22-16-21-12-8-9-13-23(21)26(22)25(19(3)4)27(24)30-15-14-29-28(30)20-10-6-5-7-11-20/h5-7,9-11,13-15,17-19H,8,12,16H2,1-4H3. The van der Waals surface area contributed by atoms with Gasteiger partial charge < -0.3 is 0 Å². The van der Waals surface area contributed by atoms with Crippen LogP contribution in [0, 0.1) is 0 Å². The van der Waals surface area contributed by atoms with Crippen molar-refractivity contribution in [3.63, 3.8) is 0 Å². The molecule has 2 nitrogen and oxygen atoms in total. The van der Waals surface area contributed by atoms with Gasteiger partial charge in [-0.15, -0.1) is 0 Å². The summed E-state index contributed by atoms with van der Waals surface area (Å²) in [7, 11) is 0. The number of rotatable bonds is 4. The number of imidazole rings is 1. The second kappa shape index (κ2) is 7.43. The molecule has 0 aliphatic heterocycles. The van der Waals surface area contributed by atoms with Gasteiger partial charge in [-0.05, 0) is 58.9 Å². The van der Waals surface area contributed by atoms with E-state index in [2.05, 4.69) is 87.0 Å². The van der Waals surface area contributed by atoms with Crippen LogP contribution in [0.1, 0.15) is 74.6 Å². The molecule has 30 heavy (non-hydrogen) atoms. The Bertz CT molecular complexity index is 1160. The van der Waals surface area contributed by atoms with Gasteiger partial charge in [0, 0.05) is 18.0 Å². The van der Waals surface area contributed by atoms with Crippen LogP contribution < -0.4 is 0 Å². The van der Waals surface area contributed by atoms with Crippen molar-refractivity contribution >= 4 is 5.57 Å². The Kier molecular flexibility index (Phi) is 4.73. The molecule has 1 heterocycles. The highest BCUT2D eigenvalue weighted by molar-refractivity contribution is 5.88. The molecular formula is C28H30N2. The van der Waals surface area contributed by atoms with Gasteiger partial charge in [0.15, 0.2) is 0 Å². The molecule has 0 bridgehead atoms. The lowest BCUT2D eigenvalue weighted by molar-refractivity contribution is 0.801. The Morgan fingerprint density at radius 2 is 1.80 bits per heavy atom. The number of fused-ring (bicyclic) bond motifs is 2. The fourth-order valence-electron chi connectivity index (χ4n) is 5.17. The second-order valence-electron chi connectivity index (χ2n) is 9.19. The normalized spacial score (nSPS) is 15.3. The molecule has 5 rings (SSSR count). The van der Waals surface area contributed by atoms with Gasteiger partial charge in [-0.2, -0.15) is 0 Å². The first-order valence-electron chi connectivity index (χ1n) is 11.2. The largest absolute Gasteiger partial charge is 0.299 e. The maximum atomic E-state index is 4.78. The fourth-order valence-corrected chi connectivity index (χ4v) is 5.17. The highest BCUT2D eigenvalue weighted by atomic mass is 15.1. The second-order valence-corrected chi connectivity index (χ2v) is 9.19. The molecular weight excluding hydrogens is 364 g/mol. The van der Waals surface area contributed by atoms with Crippen molar-refractivity contribution in [3.05, 3.63) is 88.8 Å². The summed E-state index contributed by atoms with van der Waals surface area (Å²) in [4.78, 5) is 4.78. The monoisotopic (exact) mass is 394 g/mol. The van der Waals surface area contributed by atoms with E-state index in [1.807, 2.05) is 6.20 Å². The van der Waals surface area contributed by atoms with Crippen molar-refractivity contribution in [1.82, 2.24) is 9.55 Å². The predicted octanol–water partition coefficient (Wildman–Crippen LogP) is 7.45. The van der Waals surface area contributed by atoms with E-state index in [1.54, 1.807) is 5.57 Å². The molecule has 3 aromatic rings. The first-order valence-corrected chi connectivity index (χ1v) is 11.2. The van der Waals surface area contributed by atoms with E-state index >= 15 is 0 Å². The summed E-state index contributed by atoms with van der Waals surface area (Å²) >= 11 is 0. The molecule has 2 aromatic carbocycles. The van der Waals surface area contributed by atoms with Crippen LogP contribution in [0.4, 0.5) is 0 Å². The number of nitrogens with zero attached hydrogens (tertiary/aromatic N) is 2. The van der Waals surface area contributed by atoms with Gasteiger partial charge in [0.25, 0.3) is 0 Å². The Balaban J connectivity index is 1.83. The van der Waals surface area contributed by atoms with Crippen molar-refractivity contribution in [3.8, 4) is 17.1 Å². The molecule has 0 radical (unpaired) electrons. The van der Waals surface area contributed by atoms with Gasteiger partial charge in [-0.3, -0.25) is 4.57 Å². The minimum Gasteiger partial charge on any atom is -0.299 e. The molecule has 0 atom stereocenters. The SMILES string of the molecule is CC(C)c1cc2c(c(C(C)C)c1-n1ccnc1-c1ccccc1)C1=C(CCC=C1)C2. The highest BCUT2D eigenvalue weighted by Gasteiger charge is 2.30. The Hall–Kier alpha value is -2.87. The van der Waals surface area contributed by atoms with E-state index in [0.29, 0.717) is 11.8 Å². The molecule has 0 saturated heterocycles. The van der Waals surface area contributed by atoms with E-state index in [-0.39, 0.29) is 0 Å². The van der Waals surface area contributed by atoms with E-state index in [0.717, 1.165) is 17.8 Å². The van der Waals surface area contributed by atoms with Gasteiger partial charge in [0.05, 0.1) is 5.69 Å². The Labute approximate surface area is 180 Å². The third-order valence-electron chi connectivity index (χ3n) is 6.51. The minimum atomic E-state index is 0.431. The van der Waals surface area contributed by atoms with Crippen LogP contribution in [-0.4, -0.2) is 9.55 Å². The van der Waals surface area contributed by atoms with Crippen molar-refractivity contribution in [1.29, 1.82) is 0 Å². The third-order valence-corrected chi connectivity index (χ3v) is 6.51. The summed E-state index contributed by atoms with van der Waals surface area (Å²) in [5, 5.41) is 0. The van der Waals surface area contributed by atoms with E-state index in [9.17, 15) is 0 Å². The molecule has 0 unspecified atom stereocenters. The number of aromatic nitrogens is 2. The van der Waals surface area contributed by atoms with Crippen LogP contribution >= 0.6 is 0 Å². The van der Waals surface area contributed by atoms with Crippen molar-refractivity contribution < 1.29 is 0 Å². The first kappa shape index (κ1) is 19.1. The predicted molar refractivity (Wildman–Crippen MR) is 126 cm³/mol. The zero-order valence-electron chi connectivity index (χ0n) is 18.4. The van der Waals surface area contributed by atoms with Crippen LogP contribution in [0.15, 0.2) is 66.5 Å². The quantitative estimate of drug-likeness (QED) is 0.449. The van der Waals surface area contributed by atoms with Crippen LogP contribution in [0.5, 0.6) is 0 Å². The van der Waals surface area contributed by atoms with Gasteiger partial charge >= 0.3 is 0 Å². The summed E-state index contributed by atoms with van der Waals surface area (Å²) in [5.41, 5.74) is 11.5. The highest BCUT2D eigenvalue weighted by Crippen LogP contribution is 2.47. The van der Waals surface area contributed by atoms with Crippen LogP contribution in [0.2, 0.25) is 0 Å². The summed E-state index contributed by atoms with van der Waals surface area (Å²) in [6.07, 6.45) is 12.3. The Morgan fingerprint density at radius 1 is 1.00 bits per heavy atom. The van der Waals surface area contributed by atoms with Crippen LogP contribution in [-0.2, 0) is 6.42 Å². The third kappa shape index (κ3) is 2.98. The maximum absolute atomic E-state index is 4.78. The number of hydrogen-bond donors (Lipinski definition) is 0. The molecule has 0 N–H and O–H groups in total. The molecule has 0 saturated carbocycles. The van der Waals surface area contributed by atoms with E-state index < -0.39 is 0 Å². The lowest BCUT2D eigenvalue weighted by Gasteiger charge is -2.26. The molecule has 2 heteroatoms. The number of allylic oxidation sites excluding steroid dienone is 4. The van der Waals surface area contributed by atoms with Gasteiger partial charge in [-0.25, -0.2) is 4.98 Å². The maximum Gasteiger partial charge on any atom is 0.144 e. The van der Waals surface area contributed by atoms with Crippen molar-refractivity contribution in [2.45, 2.75) is 58.8 Å². The van der Waals surface area contributed by atoms with Crippen molar-refractivity contribution in [2.24, 2.45) is 0 Å². The molecule has 2 aliphatic carbocycles. The molecule has 152 valence electrons. The number of benzene rings is 2. The van der Waals surface area contributed by atoms with Gasteiger partial charge in [0.1, 0.15) is 5.82 Å². The van der Waals surface area contributed by atoms with Gasteiger partial charge in [-0.1, -0.05) is 81.8 Å². The molecule has 0 spiro atoms. The minimum absolute atomic E-state index is 0.431. The summed E-state index contributed by atoms with van der Waals surface area (Å²) in [5.74, 6) is 1.90. The first-order chi connectivity index (χ1) is 14.6. The van der Waals surface area contributed by atoms with Crippen LogP contribution in [0.25, 0.3) is 22.6 Å². The molecule has 2 aliphatic rings. The average molecular weight is 395 g/mol. The molecule has 1 aromatic heterocycles. The smallest absolute Gasteiger partial charge is 0.144 e. The fraction of sp³-hybridized carbons (Fsp3) is 0.321. The van der Waals surface area contributed by atoms with E-state index in [4.69, 9.17) is 4.98 Å². The topological polar surface area (TPSA) is 17.8 Å². The lowest BCUT2D eigenvalue weighted by Crippen LogP contribution is -2.11. The van der Waals surface area contributed by atoms with Crippen LogP contribution in [0.3, 0.4) is 0 Å². The molecule has 0 amide bonds. The zero-order chi connectivity index (χ0) is 20.8. The van der Waals surface area contributed by atoms with Crippen molar-refractivity contribution in [2.75, 3.05) is 0 Å². The summed E-state index contributed by atoms with van der Waals surface area (Å²) in [6.45, 7) is 9.31. The summed E-state index contributed by atoms with van der Waals surface area (Å²) in [6, 6.07) is 13.0. The zero-order valence-corrected chi connectivity index (χ0v) is 18.4. The van der Waals surface area contributed by atoms with Gasteiger partial charge in [0.2, 0.25) is 0 Å². The average Bonchev–Trinajstić information content (AvgIpc) is 3.37.